The topological polar surface area (TPSA) is 87.2 Å². The summed E-state index contributed by atoms with van der Waals surface area (Å²) in [5.41, 5.74) is 0.520. The Labute approximate surface area is 116 Å². The minimum Gasteiger partial charge on any atom is -0.388 e. The zero-order valence-electron chi connectivity index (χ0n) is 11.1. The largest absolute Gasteiger partial charge is 0.388 e. The molecule has 6 heteroatoms. The number of aromatic nitrogens is 2. The number of H-pyrrole nitrogens is 1. The van der Waals surface area contributed by atoms with Crippen molar-refractivity contribution >= 4 is 16.8 Å². The second-order valence-electron chi connectivity index (χ2n) is 5.19. The second kappa shape index (κ2) is 5.22. The van der Waals surface area contributed by atoms with Crippen LogP contribution < -0.4 is 5.32 Å². The third-order valence-electron chi connectivity index (χ3n) is 3.71. The van der Waals surface area contributed by atoms with Crippen molar-refractivity contribution in [3.8, 4) is 0 Å². The third-order valence-corrected chi connectivity index (χ3v) is 3.71. The van der Waals surface area contributed by atoms with Crippen LogP contribution in [0.2, 0.25) is 0 Å². The first-order valence-electron chi connectivity index (χ1n) is 6.68. The molecule has 2 aromatic rings. The number of hydrogen-bond acceptors (Lipinski definition) is 4. The van der Waals surface area contributed by atoms with Crippen LogP contribution >= 0.6 is 0 Å². The van der Waals surface area contributed by atoms with Gasteiger partial charge in [-0.3, -0.25) is 9.89 Å². The zero-order valence-corrected chi connectivity index (χ0v) is 11.1. The van der Waals surface area contributed by atoms with Gasteiger partial charge in [0.15, 0.2) is 0 Å². The molecule has 106 valence electrons. The quantitative estimate of drug-likeness (QED) is 0.774. The van der Waals surface area contributed by atoms with E-state index in [1.54, 1.807) is 18.3 Å². The Kier molecular flexibility index (Phi) is 3.42. The lowest BCUT2D eigenvalue weighted by Gasteiger charge is -2.32. The normalized spacial score (nSPS) is 18.1. The minimum atomic E-state index is -0.855. The van der Waals surface area contributed by atoms with Crippen LogP contribution in [0.25, 0.3) is 10.9 Å². The molecule has 0 spiro atoms. The van der Waals surface area contributed by atoms with Crippen LogP contribution in [0.15, 0.2) is 24.4 Å². The molecule has 0 aliphatic carbocycles. The first-order chi connectivity index (χ1) is 9.66. The number of aliphatic hydroxyl groups is 1. The number of carbonyl (C=O) groups is 1. The van der Waals surface area contributed by atoms with Gasteiger partial charge < -0.3 is 15.2 Å². The van der Waals surface area contributed by atoms with Crippen molar-refractivity contribution in [2.75, 3.05) is 19.8 Å². The van der Waals surface area contributed by atoms with Gasteiger partial charge in [0, 0.05) is 43.5 Å². The van der Waals surface area contributed by atoms with Crippen molar-refractivity contribution in [2.45, 2.75) is 18.4 Å². The minimum absolute atomic E-state index is 0.193. The van der Waals surface area contributed by atoms with E-state index in [2.05, 4.69) is 15.5 Å². The summed E-state index contributed by atoms with van der Waals surface area (Å²) >= 11 is 0. The molecule has 20 heavy (non-hydrogen) atoms. The molecule has 0 saturated carbocycles. The van der Waals surface area contributed by atoms with E-state index in [1.165, 1.54) is 0 Å². The fraction of sp³-hybridized carbons (Fsp3) is 0.429. The highest BCUT2D eigenvalue weighted by atomic mass is 16.5. The van der Waals surface area contributed by atoms with Gasteiger partial charge in [-0.1, -0.05) is 6.07 Å². The number of hydrogen-bond donors (Lipinski definition) is 3. The van der Waals surface area contributed by atoms with Crippen molar-refractivity contribution in [1.82, 2.24) is 15.5 Å². The van der Waals surface area contributed by atoms with E-state index in [-0.39, 0.29) is 12.5 Å². The molecular formula is C14H17N3O3. The molecule has 0 unspecified atom stereocenters. The monoisotopic (exact) mass is 275 g/mol. The molecule has 1 aromatic heterocycles. The van der Waals surface area contributed by atoms with Crippen LogP contribution in [-0.4, -0.2) is 46.6 Å². The number of nitrogens with one attached hydrogen (secondary N) is 2. The maximum Gasteiger partial charge on any atom is 0.251 e. The molecule has 0 atom stereocenters. The lowest BCUT2D eigenvalue weighted by Crippen LogP contribution is -2.46. The number of rotatable bonds is 3. The summed E-state index contributed by atoms with van der Waals surface area (Å²) in [6.45, 7) is 1.31. The summed E-state index contributed by atoms with van der Waals surface area (Å²) in [6.07, 6.45) is 2.81. The van der Waals surface area contributed by atoms with Gasteiger partial charge in [0.2, 0.25) is 0 Å². The number of amides is 1. The molecule has 0 bridgehead atoms. The number of fused-ring (bicyclic) bond motifs is 1. The predicted octanol–water partition coefficient (Wildman–Crippen LogP) is 0.834. The molecular weight excluding hydrogens is 258 g/mol. The van der Waals surface area contributed by atoms with Gasteiger partial charge in [-0.2, -0.15) is 5.10 Å². The van der Waals surface area contributed by atoms with Crippen molar-refractivity contribution in [1.29, 1.82) is 0 Å². The summed E-state index contributed by atoms with van der Waals surface area (Å²) in [7, 11) is 0. The maximum absolute atomic E-state index is 12.1. The second-order valence-corrected chi connectivity index (χ2v) is 5.19. The molecule has 1 aromatic carbocycles. The molecule has 3 rings (SSSR count). The van der Waals surface area contributed by atoms with E-state index < -0.39 is 5.60 Å². The van der Waals surface area contributed by atoms with Crippen LogP contribution in [-0.2, 0) is 4.74 Å². The Morgan fingerprint density at radius 3 is 3.05 bits per heavy atom. The summed E-state index contributed by atoms with van der Waals surface area (Å²) in [6, 6.07) is 5.35. The molecule has 1 aliphatic heterocycles. The highest BCUT2D eigenvalue weighted by Crippen LogP contribution is 2.19. The molecule has 1 amide bonds. The van der Waals surface area contributed by atoms with Crippen LogP contribution in [0.4, 0.5) is 0 Å². The van der Waals surface area contributed by atoms with E-state index in [0.29, 0.717) is 31.6 Å². The van der Waals surface area contributed by atoms with Gasteiger partial charge >= 0.3 is 0 Å². The van der Waals surface area contributed by atoms with Crippen molar-refractivity contribution < 1.29 is 14.6 Å². The van der Waals surface area contributed by atoms with Gasteiger partial charge in [0.1, 0.15) is 0 Å². The van der Waals surface area contributed by atoms with Gasteiger partial charge in [0.05, 0.1) is 17.3 Å². The number of ether oxygens (including phenoxy) is 1. The number of aromatic amines is 1. The Morgan fingerprint density at radius 1 is 1.45 bits per heavy atom. The maximum atomic E-state index is 12.1. The third kappa shape index (κ3) is 2.66. The first-order valence-corrected chi connectivity index (χ1v) is 6.68. The van der Waals surface area contributed by atoms with Gasteiger partial charge in [-0.05, 0) is 12.1 Å². The number of benzene rings is 1. The average molecular weight is 275 g/mol. The molecule has 3 N–H and O–H groups in total. The van der Waals surface area contributed by atoms with E-state index in [9.17, 15) is 9.90 Å². The highest BCUT2D eigenvalue weighted by molar-refractivity contribution is 5.97. The van der Waals surface area contributed by atoms with Gasteiger partial charge in [-0.15, -0.1) is 0 Å². The van der Waals surface area contributed by atoms with E-state index in [1.807, 2.05) is 6.07 Å². The van der Waals surface area contributed by atoms with Crippen LogP contribution in [0, 0.1) is 0 Å². The molecule has 1 saturated heterocycles. The predicted molar refractivity (Wildman–Crippen MR) is 73.4 cm³/mol. The van der Waals surface area contributed by atoms with E-state index >= 15 is 0 Å². The SMILES string of the molecule is O=C(NCC1(O)CCOCC1)c1ccc2cn[nH]c2c1. The zero-order chi connectivity index (χ0) is 14.0. The van der Waals surface area contributed by atoms with Crippen molar-refractivity contribution in [2.24, 2.45) is 0 Å². The molecule has 1 aliphatic rings. The summed E-state index contributed by atoms with van der Waals surface area (Å²) < 4.78 is 5.21. The highest BCUT2D eigenvalue weighted by Gasteiger charge is 2.30. The van der Waals surface area contributed by atoms with E-state index in [0.717, 1.165) is 10.9 Å². The smallest absolute Gasteiger partial charge is 0.251 e. The fourth-order valence-electron chi connectivity index (χ4n) is 2.35. The average Bonchev–Trinajstić information content (AvgIpc) is 2.93. The standard InChI is InChI=1S/C14H17N3O3/c18-13(15-9-14(19)3-5-20-6-4-14)10-1-2-11-8-16-17-12(11)7-10/h1-2,7-8,19H,3-6,9H2,(H,15,18)(H,16,17). The van der Waals surface area contributed by atoms with Crippen LogP contribution in [0.3, 0.4) is 0 Å². The van der Waals surface area contributed by atoms with Crippen LogP contribution in [0.1, 0.15) is 23.2 Å². The fourth-order valence-corrected chi connectivity index (χ4v) is 2.35. The van der Waals surface area contributed by atoms with Crippen molar-refractivity contribution in [3.05, 3.63) is 30.0 Å². The molecule has 1 fully saturated rings. The Morgan fingerprint density at radius 2 is 2.25 bits per heavy atom. The van der Waals surface area contributed by atoms with E-state index in [4.69, 9.17) is 4.74 Å². The van der Waals surface area contributed by atoms with Gasteiger partial charge in [-0.25, -0.2) is 0 Å². The summed E-state index contributed by atoms with van der Waals surface area (Å²) in [4.78, 5) is 12.1. The Hall–Kier alpha value is -1.92. The summed E-state index contributed by atoms with van der Waals surface area (Å²) in [5.74, 6) is -0.193. The number of carbonyl (C=O) groups excluding carboxylic acids is 1. The van der Waals surface area contributed by atoms with Crippen molar-refractivity contribution in [3.63, 3.8) is 0 Å². The lowest BCUT2D eigenvalue weighted by atomic mass is 9.94. The molecule has 0 radical (unpaired) electrons. The molecule has 2 heterocycles. The Balaban J connectivity index is 1.66. The molecule has 6 nitrogen and oxygen atoms in total. The summed E-state index contributed by atoms with van der Waals surface area (Å²) in [5, 5.41) is 20.8. The van der Waals surface area contributed by atoms with Crippen LogP contribution in [0.5, 0.6) is 0 Å². The number of nitrogens with zero attached hydrogens (tertiary/aromatic N) is 1. The first kappa shape index (κ1) is 13.1. The lowest BCUT2D eigenvalue weighted by molar-refractivity contribution is -0.0605. The van der Waals surface area contributed by atoms with Gasteiger partial charge in [0.25, 0.3) is 5.91 Å². The Bertz CT molecular complexity index is 617.